The van der Waals surface area contributed by atoms with Crippen molar-refractivity contribution in [2.45, 2.75) is 0 Å². The Labute approximate surface area is 128 Å². The molecule has 0 fully saturated rings. The lowest BCUT2D eigenvalue weighted by Crippen LogP contribution is -2.01. The predicted molar refractivity (Wildman–Crippen MR) is 82.4 cm³/mol. The van der Waals surface area contributed by atoms with Crippen LogP contribution in [0.25, 0.3) is 10.9 Å². The summed E-state index contributed by atoms with van der Waals surface area (Å²) in [6, 6.07) is 9.76. The first kappa shape index (κ1) is 13.8. The van der Waals surface area contributed by atoms with Gasteiger partial charge in [0.15, 0.2) is 17.3 Å². The van der Waals surface area contributed by atoms with Crippen LogP contribution in [0.15, 0.2) is 47.1 Å². The molecule has 0 bridgehead atoms. The van der Waals surface area contributed by atoms with E-state index in [1.165, 1.54) is 25.3 Å². The number of benzene rings is 2. The zero-order valence-electron chi connectivity index (χ0n) is 11.1. The molecule has 106 valence electrons. The molecule has 0 saturated heterocycles. The summed E-state index contributed by atoms with van der Waals surface area (Å²) in [6.07, 6.45) is 1.66. The number of halogens is 2. The van der Waals surface area contributed by atoms with Crippen LogP contribution in [0.1, 0.15) is 15.9 Å². The monoisotopic (exact) mass is 347 g/mol. The first-order chi connectivity index (χ1) is 10.1. The van der Waals surface area contributed by atoms with E-state index in [-0.39, 0.29) is 11.5 Å². The number of carbonyl (C=O) groups excluding carboxylic acids is 1. The van der Waals surface area contributed by atoms with Crippen molar-refractivity contribution in [1.82, 2.24) is 4.98 Å². The van der Waals surface area contributed by atoms with Gasteiger partial charge >= 0.3 is 0 Å². The third-order valence-electron chi connectivity index (χ3n) is 3.30. The van der Waals surface area contributed by atoms with Crippen LogP contribution in [-0.4, -0.2) is 17.9 Å². The highest BCUT2D eigenvalue weighted by Gasteiger charge is 2.16. The summed E-state index contributed by atoms with van der Waals surface area (Å²) in [5.74, 6) is -0.616. The van der Waals surface area contributed by atoms with Crippen LogP contribution in [0.4, 0.5) is 4.39 Å². The van der Waals surface area contributed by atoms with Crippen molar-refractivity contribution in [2.75, 3.05) is 7.11 Å². The van der Waals surface area contributed by atoms with Gasteiger partial charge in [-0.15, -0.1) is 0 Å². The van der Waals surface area contributed by atoms with Crippen LogP contribution in [0, 0.1) is 5.82 Å². The molecule has 3 aromatic rings. The summed E-state index contributed by atoms with van der Waals surface area (Å²) in [5.41, 5.74) is 1.80. The molecule has 3 nitrogen and oxygen atoms in total. The van der Waals surface area contributed by atoms with Crippen molar-refractivity contribution in [3.05, 3.63) is 64.0 Å². The highest BCUT2D eigenvalue weighted by atomic mass is 79.9. The van der Waals surface area contributed by atoms with E-state index in [0.29, 0.717) is 11.1 Å². The Hall–Kier alpha value is -2.14. The van der Waals surface area contributed by atoms with Crippen molar-refractivity contribution >= 4 is 32.6 Å². The SMILES string of the molecule is COc1cc(C(=O)c2c[nH]c3ccc(Br)cc23)ccc1F. The number of H-pyrrole nitrogens is 1. The summed E-state index contributed by atoms with van der Waals surface area (Å²) in [5, 5.41) is 0.817. The second kappa shape index (κ2) is 5.33. The topological polar surface area (TPSA) is 42.1 Å². The minimum Gasteiger partial charge on any atom is -0.494 e. The first-order valence-corrected chi connectivity index (χ1v) is 7.04. The van der Waals surface area contributed by atoms with E-state index < -0.39 is 5.82 Å². The normalized spacial score (nSPS) is 10.8. The van der Waals surface area contributed by atoms with Gasteiger partial charge in [-0.25, -0.2) is 4.39 Å². The van der Waals surface area contributed by atoms with Gasteiger partial charge < -0.3 is 9.72 Å². The van der Waals surface area contributed by atoms with Gasteiger partial charge in [0.1, 0.15) is 0 Å². The van der Waals surface area contributed by atoms with Gasteiger partial charge in [0.25, 0.3) is 0 Å². The zero-order valence-corrected chi connectivity index (χ0v) is 12.7. The molecule has 21 heavy (non-hydrogen) atoms. The molecule has 1 heterocycles. The Balaban J connectivity index is 2.10. The van der Waals surface area contributed by atoms with E-state index in [1.807, 2.05) is 18.2 Å². The Morgan fingerprint density at radius 2 is 2.05 bits per heavy atom. The zero-order chi connectivity index (χ0) is 15.0. The number of aromatic nitrogens is 1. The number of aromatic amines is 1. The molecule has 2 aromatic carbocycles. The van der Waals surface area contributed by atoms with E-state index in [4.69, 9.17) is 4.74 Å². The standard InChI is InChI=1S/C16H11BrFNO2/c1-21-15-6-9(2-4-13(15)18)16(20)12-8-19-14-5-3-10(17)7-11(12)14/h2-8,19H,1H3. The van der Waals surface area contributed by atoms with Crippen molar-refractivity contribution in [1.29, 1.82) is 0 Å². The van der Waals surface area contributed by atoms with Gasteiger partial charge in [-0.2, -0.15) is 0 Å². The fourth-order valence-electron chi connectivity index (χ4n) is 2.24. The number of hydrogen-bond donors (Lipinski definition) is 1. The van der Waals surface area contributed by atoms with E-state index in [9.17, 15) is 9.18 Å². The van der Waals surface area contributed by atoms with Crippen LogP contribution in [0.5, 0.6) is 5.75 Å². The van der Waals surface area contributed by atoms with E-state index in [2.05, 4.69) is 20.9 Å². The maximum atomic E-state index is 13.4. The first-order valence-electron chi connectivity index (χ1n) is 6.25. The number of carbonyl (C=O) groups is 1. The molecular formula is C16H11BrFNO2. The third-order valence-corrected chi connectivity index (χ3v) is 3.79. The summed E-state index contributed by atoms with van der Waals surface area (Å²) in [4.78, 5) is 15.7. The van der Waals surface area contributed by atoms with Crippen molar-refractivity contribution in [2.24, 2.45) is 0 Å². The van der Waals surface area contributed by atoms with Crippen LogP contribution in [-0.2, 0) is 0 Å². The number of ketones is 1. The minimum absolute atomic E-state index is 0.0573. The molecule has 0 aliphatic carbocycles. The second-order valence-electron chi connectivity index (χ2n) is 4.57. The highest BCUT2D eigenvalue weighted by Crippen LogP contribution is 2.26. The van der Waals surface area contributed by atoms with Gasteiger partial charge in [0.05, 0.1) is 7.11 Å². The molecule has 0 atom stereocenters. The van der Waals surface area contributed by atoms with E-state index in [1.54, 1.807) is 6.20 Å². The van der Waals surface area contributed by atoms with Gasteiger partial charge in [0.2, 0.25) is 0 Å². The van der Waals surface area contributed by atoms with Gasteiger partial charge in [-0.05, 0) is 36.4 Å². The Bertz CT molecular complexity index is 841. The van der Waals surface area contributed by atoms with Crippen molar-refractivity contribution < 1.29 is 13.9 Å². The molecule has 5 heteroatoms. The number of ether oxygens (including phenoxy) is 1. The smallest absolute Gasteiger partial charge is 0.195 e. The lowest BCUT2D eigenvalue weighted by atomic mass is 10.0. The lowest BCUT2D eigenvalue weighted by molar-refractivity contribution is 0.104. The fourth-order valence-corrected chi connectivity index (χ4v) is 2.60. The van der Waals surface area contributed by atoms with Crippen LogP contribution < -0.4 is 4.74 Å². The maximum absolute atomic E-state index is 13.4. The second-order valence-corrected chi connectivity index (χ2v) is 5.49. The molecule has 0 aliphatic rings. The number of hydrogen-bond acceptors (Lipinski definition) is 2. The number of nitrogens with one attached hydrogen (secondary N) is 1. The number of methoxy groups -OCH3 is 1. The molecule has 0 aliphatic heterocycles. The molecule has 0 amide bonds. The highest BCUT2D eigenvalue weighted by molar-refractivity contribution is 9.10. The molecule has 3 rings (SSSR count). The van der Waals surface area contributed by atoms with E-state index in [0.717, 1.165) is 15.4 Å². The third kappa shape index (κ3) is 2.45. The van der Waals surface area contributed by atoms with Crippen molar-refractivity contribution in [3.63, 3.8) is 0 Å². The molecule has 0 saturated carbocycles. The average molecular weight is 348 g/mol. The quantitative estimate of drug-likeness (QED) is 0.717. The van der Waals surface area contributed by atoms with Crippen LogP contribution >= 0.6 is 15.9 Å². The average Bonchev–Trinajstić information content (AvgIpc) is 2.90. The fraction of sp³-hybridized carbons (Fsp3) is 0.0625. The molecule has 0 radical (unpaired) electrons. The van der Waals surface area contributed by atoms with Crippen molar-refractivity contribution in [3.8, 4) is 5.75 Å². The number of rotatable bonds is 3. The molecular weight excluding hydrogens is 337 g/mol. The Morgan fingerprint density at radius 3 is 2.81 bits per heavy atom. The molecule has 1 aromatic heterocycles. The minimum atomic E-state index is -0.490. The summed E-state index contributed by atoms with van der Waals surface area (Å²) in [7, 11) is 1.37. The summed E-state index contributed by atoms with van der Waals surface area (Å²) >= 11 is 3.39. The lowest BCUT2D eigenvalue weighted by Gasteiger charge is -2.05. The molecule has 0 unspecified atom stereocenters. The summed E-state index contributed by atoms with van der Waals surface area (Å²) in [6.45, 7) is 0. The Morgan fingerprint density at radius 1 is 1.24 bits per heavy atom. The van der Waals surface area contributed by atoms with Gasteiger partial charge in [-0.1, -0.05) is 15.9 Å². The van der Waals surface area contributed by atoms with Gasteiger partial charge in [0, 0.05) is 32.7 Å². The summed E-state index contributed by atoms with van der Waals surface area (Å²) < 4.78 is 19.2. The largest absolute Gasteiger partial charge is 0.494 e. The van der Waals surface area contributed by atoms with Gasteiger partial charge in [-0.3, -0.25) is 4.79 Å². The number of fused-ring (bicyclic) bond motifs is 1. The van der Waals surface area contributed by atoms with Crippen LogP contribution in [0.2, 0.25) is 0 Å². The maximum Gasteiger partial charge on any atom is 0.195 e. The van der Waals surface area contributed by atoms with Crippen LogP contribution in [0.3, 0.4) is 0 Å². The van der Waals surface area contributed by atoms with E-state index >= 15 is 0 Å². The molecule has 1 N–H and O–H groups in total. The predicted octanol–water partition coefficient (Wildman–Crippen LogP) is 4.31. The Kier molecular flexibility index (Phi) is 3.51. The molecule has 0 spiro atoms.